The van der Waals surface area contributed by atoms with Gasteiger partial charge in [-0.05, 0) is 43.7 Å². The van der Waals surface area contributed by atoms with Crippen LogP contribution in [0.4, 0.5) is 0 Å². The number of nitrogens with zero attached hydrogens (tertiary/aromatic N) is 1. The van der Waals surface area contributed by atoms with Crippen LogP contribution in [0, 0.1) is 6.92 Å². The van der Waals surface area contributed by atoms with Gasteiger partial charge >= 0.3 is 0 Å². The zero-order valence-corrected chi connectivity index (χ0v) is 13.9. The van der Waals surface area contributed by atoms with Gasteiger partial charge in [-0.3, -0.25) is 0 Å². The summed E-state index contributed by atoms with van der Waals surface area (Å²) in [6, 6.07) is 3.34. The fraction of sp³-hybridized carbons (Fsp3) is 0.571. The fourth-order valence-corrected chi connectivity index (χ4v) is 4.51. The van der Waals surface area contributed by atoms with Gasteiger partial charge in [0.1, 0.15) is 0 Å². The first-order chi connectivity index (χ1) is 9.96. The molecule has 1 aliphatic heterocycles. The van der Waals surface area contributed by atoms with Crippen LogP contribution in [0.3, 0.4) is 0 Å². The molecule has 0 atom stereocenters. The number of nitrogens with one attached hydrogen (secondary N) is 1. The van der Waals surface area contributed by atoms with E-state index < -0.39 is 10.0 Å². The van der Waals surface area contributed by atoms with Gasteiger partial charge in [0, 0.05) is 31.3 Å². The van der Waals surface area contributed by atoms with Crippen LogP contribution in [-0.2, 0) is 21.3 Å². The average Bonchev–Trinajstić information content (AvgIpc) is 2.72. The number of hydrogen-bond donors (Lipinski definition) is 1. The van der Waals surface area contributed by atoms with E-state index in [-0.39, 0.29) is 0 Å². The van der Waals surface area contributed by atoms with Crippen molar-refractivity contribution in [3.05, 3.63) is 28.3 Å². The summed E-state index contributed by atoms with van der Waals surface area (Å²) in [7, 11) is -1.72. The van der Waals surface area contributed by atoms with Crippen molar-refractivity contribution < 1.29 is 13.2 Å². The molecule has 0 bridgehead atoms. The van der Waals surface area contributed by atoms with E-state index in [2.05, 4.69) is 5.32 Å². The highest BCUT2D eigenvalue weighted by Crippen LogP contribution is 2.27. The van der Waals surface area contributed by atoms with Gasteiger partial charge in [-0.15, -0.1) is 0 Å². The lowest BCUT2D eigenvalue weighted by Crippen LogP contribution is -2.33. The lowest BCUT2D eigenvalue weighted by molar-refractivity contribution is 0.148. The van der Waals surface area contributed by atoms with E-state index in [0.717, 1.165) is 11.1 Å². The Bertz CT molecular complexity index is 596. The van der Waals surface area contributed by atoms with Crippen molar-refractivity contribution in [2.75, 3.05) is 33.4 Å². The topological polar surface area (TPSA) is 58.6 Å². The van der Waals surface area contributed by atoms with E-state index in [4.69, 9.17) is 16.3 Å². The molecule has 7 heteroatoms. The van der Waals surface area contributed by atoms with Crippen molar-refractivity contribution >= 4 is 21.6 Å². The highest BCUT2D eigenvalue weighted by atomic mass is 35.5. The predicted molar refractivity (Wildman–Crippen MR) is 83.1 cm³/mol. The van der Waals surface area contributed by atoms with Crippen LogP contribution in [0.1, 0.15) is 17.5 Å². The quantitative estimate of drug-likeness (QED) is 0.913. The summed E-state index contributed by atoms with van der Waals surface area (Å²) in [6.45, 7) is 4.31. The van der Waals surface area contributed by atoms with E-state index in [1.165, 1.54) is 10.4 Å². The van der Waals surface area contributed by atoms with Crippen LogP contribution in [0.15, 0.2) is 17.0 Å². The SMILES string of the molecule is CNCc1cc(Cl)cc(S(=O)(=O)N2CCCOCC2)c1C. The first kappa shape index (κ1) is 16.7. The van der Waals surface area contributed by atoms with Crippen molar-refractivity contribution in [1.82, 2.24) is 9.62 Å². The maximum absolute atomic E-state index is 12.9. The van der Waals surface area contributed by atoms with Crippen LogP contribution in [-0.4, -0.2) is 46.1 Å². The molecule has 2 rings (SSSR count). The third-order valence-electron chi connectivity index (χ3n) is 3.60. The second-order valence-corrected chi connectivity index (χ2v) is 7.43. The number of benzene rings is 1. The van der Waals surface area contributed by atoms with Gasteiger partial charge in [0.2, 0.25) is 10.0 Å². The number of hydrogen-bond acceptors (Lipinski definition) is 4. The van der Waals surface area contributed by atoms with E-state index in [0.29, 0.717) is 49.2 Å². The van der Waals surface area contributed by atoms with E-state index in [1.54, 1.807) is 6.07 Å². The largest absolute Gasteiger partial charge is 0.380 e. The Kier molecular flexibility index (Phi) is 5.62. The van der Waals surface area contributed by atoms with Crippen molar-refractivity contribution in [3.8, 4) is 0 Å². The van der Waals surface area contributed by atoms with Crippen LogP contribution in [0.5, 0.6) is 0 Å². The Balaban J connectivity index is 2.43. The minimum absolute atomic E-state index is 0.294. The highest BCUT2D eigenvalue weighted by molar-refractivity contribution is 7.89. The molecule has 0 aromatic heterocycles. The molecule has 1 saturated heterocycles. The Morgan fingerprint density at radius 2 is 2.10 bits per heavy atom. The highest BCUT2D eigenvalue weighted by Gasteiger charge is 2.28. The molecule has 0 spiro atoms. The molecule has 1 fully saturated rings. The summed E-state index contributed by atoms with van der Waals surface area (Å²) in [5, 5.41) is 3.47. The molecule has 1 aliphatic rings. The summed E-state index contributed by atoms with van der Waals surface area (Å²) in [5.41, 5.74) is 1.65. The fourth-order valence-electron chi connectivity index (χ4n) is 2.45. The second-order valence-electron chi connectivity index (χ2n) is 5.09. The van der Waals surface area contributed by atoms with Gasteiger partial charge in [0.05, 0.1) is 11.5 Å². The molecule has 1 aromatic carbocycles. The Morgan fingerprint density at radius 1 is 1.33 bits per heavy atom. The molecule has 0 unspecified atom stereocenters. The molecule has 0 radical (unpaired) electrons. The maximum atomic E-state index is 12.9. The normalized spacial score (nSPS) is 17.7. The molecule has 1 aromatic rings. The maximum Gasteiger partial charge on any atom is 0.243 e. The van der Waals surface area contributed by atoms with E-state index in [1.807, 2.05) is 14.0 Å². The summed E-state index contributed by atoms with van der Waals surface area (Å²) in [6.07, 6.45) is 0.711. The van der Waals surface area contributed by atoms with Crippen LogP contribution >= 0.6 is 11.6 Å². The minimum Gasteiger partial charge on any atom is -0.380 e. The third kappa shape index (κ3) is 3.76. The average molecular weight is 333 g/mol. The molecule has 1 N–H and O–H groups in total. The zero-order valence-electron chi connectivity index (χ0n) is 12.4. The molecule has 0 saturated carbocycles. The van der Waals surface area contributed by atoms with Gasteiger partial charge in [0.25, 0.3) is 0 Å². The smallest absolute Gasteiger partial charge is 0.243 e. The van der Waals surface area contributed by atoms with Gasteiger partial charge in [-0.1, -0.05) is 11.6 Å². The zero-order chi connectivity index (χ0) is 15.5. The number of halogens is 1. The van der Waals surface area contributed by atoms with E-state index in [9.17, 15) is 8.42 Å². The molecular weight excluding hydrogens is 312 g/mol. The first-order valence-corrected chi connectivity index (χ1v) is 8.80. The van der Waals surface area contributed by atoms with Crippen molar-refractivity contribution in [2.45, 2.75) is 24.8 Å². The molecule has 21 heavy (non-hydrogen) atoms. The first-order valence-electron chi connectivity index (χ1n) is 6.98. The lowest BCUT2D eigenvalue weighted by atomic mass is 10.1. The number of rotatable bonds is 4. The Labute approximate surface area is 131 Å². The molecule has 0 aliphatic carbocycles. The minimum atomic E-state index is -3.54. The van der Waals surface area contributed by atoms with Crippen molar-refractivity contribution in [3.63, 3.8) is 0 Å². The monoisotopic (exact) mass is 332 g/mol. The third-order valence-corrected chi connectivity index (χ3v) is 5.84. The van der Waals surface area contributed by atoms with Gasteiger partial charge in [-0.2, -0.15) is 4.31 Å². The summed E-state index contributed by atoms with van der Waals surface area (Å²) in [4.78, 5) is 0.294. The number of sulfonamides is 1. The number of ether oxygens (including phenoxy) is 1. The van der Waals surface area contributed by atoms with Gasteiger partial charge in [-0.25, -0.2) is 8.42 Å². The lowest BCUT2D eigenvalue weighted by Gasteiger charge is -2.22. The molecule has 5 nitrogen and oxygen atoms in total. The molecule has 0 amide bonds. The van der Waals surface area contributed by atoms with Gasteiger partial charge < -0.3 is 10.1 Å². The summed E-state index contributed by atoms with van der Waals surface area (Å²) >= 11 is 6.10. The standard InChI is InChI=1S/C14H21ClN2O3S/c1-11-12(10-16-2)8-13(15)9-14(11)21(18,19)17-4-3-6-20-7-5-17/h8-9,16H,3-7,10H2,1-2H3. The second kappa shape index (κ2) is 7.07. The van der Waals surface area contributed by atoms with Crippen molar-refractivity contribution in [2.24, 2.45) is 0 Å². The van der Waals surface area contributed by atoms with Crippen LogP contribution in [0.25, 0.3) is 0 Å². The molecule has 118 valence electrons. The predicted octanol–water partition coefficient (Wildman–Crippen LogP) is 1.78. The van der Waals surface area contributed by atoms with Crippen LogP contribution < -0.4 is 5.32 Å². The van der Waals surface area contributed by atoms with Gasteiger partial charge in [0.15, 0.2) is 0 Å². The summed E-state index contributed by atoms with van der Waals surface area (Å²) < 4.78 is 32.5. The Morgan fingerprint density at radius 3 is 2.81 bits per heavy atom. The van der Waals surface area contributed by atoms with E-state index >= 15 is 0 Å². The molecule has 1 heterocycles. The van der Waals surface area contributed by atoms with Crippen LogP contribution in [0.2, 0.25) is 5.02 Å². The molecular formula is C14H21ClN2O3S. The Hall–Kier alpha value is -0.660. The summed E-state index contributed by atoms with van der Waals surface area (Å²) in [5.74, 6) is 0. The van der Waals surface area contributed by atoms with Crippen molar-refractivity contribution in [1.29, 1.82) is 0 Å².